The van der Waals surface area contributed by atoms with Gasteiger partial charge in [-0.2, -0.15) is 5.26 Å². The number of esters is 1. The molecule has 0 aliphatic carbocycles. The summed E-state index contributed by atoms with van der Waals surface area (Å²) in [5.41, 5.74) is 2.93. The maximum absolute atomic E-state index is 11.7. The average molecular weight is 289 g/mol. The van der Waals surface area contributed by atoms with Crippen molar-refractivity contribution in [1.82, 2.24) is 0 Å². The molecule has 22 heavy (non-hydrogen) atoms. The Labute approximate surface area is 129 Å². The van der Waals surface area contributed by atoms with Gasteiger partial charge in [-0.25, -0.2) is 4.79 Å². The summed E-state index contributed by atoms with van der Waals surface area (Å²) in [5.74, 6) is -0.644. The van der Waals surface area contributed by atoms with Crippen molar-refractivity contribution in [1.29, 1.82) is 5.26 Å². The van der Waals surface area contributed by atoms with E-state index in [0.717, 1.165) is 16.7 Å². The Balaban J connectivity index is 2.19. The van der Waals surface area contributed by atoms with E-state index in [9.17, 15) is 4.79 Å². The van der Waals surface area contributed by atoms with E-state index in [1.54, 1.807) is 0 Å². The second-order valence-electron chi connectivity index (χ2n) is 4.54. The molecule has 2 aromatic rings. The molecular formula is C19H15NO2. The van der Waals surface area contributed by atoms with Gasteiger partial charge in [0.25, 0.3) is 0 Å². The molecule has 0 atom stereocenters. The topological polar surface area (TPSA) is 50.1 Å². The lowest BCUT2D eigenvalue weighted by Gasteiger charge is -2.03. The van der Waals surface area contributed by atoms with Gasteiger partial charge in [-0.05, 0) is 22.8 Å². The van der Waals surface area contributed by atoms with Crippen molar-refractivity contribution in [3.05, 3.63) is 78.4 Å². The van der Waals surface area contributed by atoms with Crippen LogP contribution in [0.2, 0.25) is 0 Å². The van der Waals surface area contributed by atoms with Crippen LogP contribution in [0.25, 0.3) is 17.2 Å². The van der Waals surface area contributed by atoms with Crippen LogP contribution in [0.4, 0.5) is 0 Å². The fourth-order valence-electron chi connectivity index (χ4n) is 1.92. The quantitative estimate of drug-likeness (QED) is 0.362. The lowest BCUT2D eigenvalue weighted by atomic mass is 10.0. The van der Waals surface area contributed by atoms with Crippen LogP contribution < -0.4 is 0 Å². The van der Waals surface area contributed by atoms with Gasteiger partial charge in [0.2, 0.25) is 0 Å². The third-order valence-electron chi connectivity index (χ3n) is 3.00. The molecule has 0 fully saturated rings. The number of nitriles is 1. The first-order valence-corrected chi connectivity index (χ1v) is 6.80. The van der Waals surface area contributed by atoms with Crippen LogP contribution in [0.1, 0.15) is 5.56 Å². The summed E-state index contributed by atoms with van der Waals surface area (Å²) in [5, 5.41) is 9.04. The number of carbonyl (C=O) groups is 1. The van der Waals surface area contributed by atoms with Crippen LogP contribution in [-0.2, 0) is 9.53 Å². The summed E-state index contributed by atoms with van der Waals surface area (Å²) in [6.45, 7) is 3.55. The molecule has 0 aliphatic heterocycles. The van der Waals surface area contributed by atoms with Crippen molar-refractivity contribution >= 4 is 12.0 Å². The number of hydrogen-bond acceptors (Lipinski definition) is 3. The van der Waals surface area contributed by atoms with Gasteiger partial charge in [0.15, 0.2) is 0 Å². The monoisotopic (exact) mass is 289 g/mol. The highest BCUT2D eigenvalue weighted by atomic mass is 16.5. The minimum Gasteiger partial charge on any atom is -0.457 e. The molecule has 3 nitrogen and oxygen atoms in total. The van der Waals surface area contributed by atoms with Crippen molar-refractivity contribution in [2.75, 3.05) is 6.61 Å². The number of carbonyl (C=O) groups excluding carboxylic acids is 1. The van der Waals surface area contributed by atoms with Gasteiger partial charge in [0, 0.05) is 0 Å². The number of ether oxygens (including phenoxy) is 1. The zero-order valence-electron chi connectivity index (χ0n) is 12.0. The summed E-state index contributed by atoms with van der Waals surface area (Å²) in [6, 6.07) is 19.5. The van der Waals surface area contributed by atoms with Crippen LogP contribution in [-0.4, -0.2) is 12.6 Å². The molecule has 0 radical (unpaired) electrons. The molecule has 0 saturated heterocycles. The molecule has 0 aliphatic rings. The molecule has 2 aromatic carbocycles. The van der Waals surface area contributed by atoms with Crippen molar-refractivity contribution in [2.45, 2.75) is 0 Å². The fraction of sp³-hybridized carbons (Fsp3) is 0.0526. The Bertz CT molecular complexity index is 722. The molecule has 3 heteroatoms. The average Bonchev–Trinajstić information content (AvgIpc) is 2.59. The normalized spacial score (nSPS) is 10.6. The third-order valence-corrected chi connectivity index (χ3v) is 3.00. The van der Waals surface area contributed by atoms with E-state index in [-0.39, 0.29) is 12.2 Å². The Morgan fingerprint density at radius 1 is 1.09 bits per heavy atom. The standard InChI is InChI=1S/C19H15NO2/c1-2-12-22-19(21)18(14-20)13-15-8-10-17(11-9-15)16-6-4-3-5-7-16/h2-11,13H,1,12H2/b18-13+. The number of hydrogen-bond donors (Lipinski definition) is 0. The lowest BCUT2D eigenvalue weighted by molar-refractivity contribution is -0.137. The smallest absolute Gasteiger partial charge is 0.349 e. The van der Waals surface area contributed by atoms with E-state index in [2.05, 4.69) is 6.58 Å². The summed E-state index contributed by atoms with van der Waals surface area (Å²) < 4.78 is 4.86. The fourth-order valence-corrected chi connectivity index (χ4v) is 1.92. The highest BCUT2D eigenvalue weighted by molar-refractivity contribution is 5.98. The number of benzene rings is 2. The maximum Gasteiger partial charge on any atom is 0.349 e. The van der Waals surface area contributed by atoms with Crippen LogP contribution in [0.15, 0.2) is 72.8 Å². The van der Waals surface area contributed by atoms with E-state index in [0.29, 0.717) is 0 Å². The lowest BCUT2D eigenvalue weighted by Crippen LogP contribution is -2.06. The summed E-state index contributed by atoms with van der Waals surface area (Å²) in [4.78, 5) is 11.7. The molecular weight excluding hydrogens is 274 g/mol. The van der Waals surface area contributed by atoms with Crippen LogP contribution in [0.5, 0.6) is 0 Å². The maximum atomic E-state index is 11.7. The van der Waals surface area contributed by atoms with E-state index in [1.165, 1.54) is 12.2 Å². The molecule has 0 spiro atoms. The molecule has 0 amide bonds. The Morgan fingerprint density at radius 2 is 1.73 bits per heavy atom. The zero-order chi connectivity index (χ0) is 15.8. The van der Waals surface area contributed by atoms with Gasteiger partial charge in [0.1, 0.15) is 18.2 Å². The highest BCUT2D eigenvalue weighted by Gasteiger charge is 2.09. The first kappa shape index (κ1) is 15.3. The third kappa shape index (κ3) is 3.94. The Morgan fingerprint density at radius 3 is 2.32 bits per heavy atom. The van der Waals surface area contributed by atoms with Crippen LogP contribution in [0, 0.1) is 11.3 Å². The van der Waals surface area contributed by atoms with Crippen molar-refractivity contribution < 1.29 is 9.53 Å². The minimum absolute atomic E-state index is 0.0330. The van der Waals surface area contributed by atoms with E-state index in [1.807, 2.05) is 60.7 Å². The predicted octanol–water partition coefficient (Wildman–Crippen LogP) is 3.99. The van der Waals surface area contributed by atoms with Gasteiger partial charge < -0.3 is 4.74 Å². The largest absolute Gasteiger partial charge is 0.457 e. The predicted molar refractivity (Wildman–Crippen MR) is 86.6 cm³/mol. The number of nitrogens with zero attached hydrogens (tertiary/aromatic N) is 1. The van der Waals surface area contributed by atoms with E-state index in [4.69, 9.17) is 10.00 Å². The Hall–Kier alpha value is -3.12. The molecule has 2 rings (SSSR count). The first-order chi connectivity index (χ1) is 10.7. The van der Waals surface area contributed by atoms with Gasteiger partial charge in [-0.1, -0.05) is 67.3 Å². The summed E-state index contributed by atoms with van der Waals surface area (Å²) >= 11 is 0. The van der Waals surface area contributed by atoms with E-state index >= 15 is 0 Å². The molecule has 0 N–H and O–H groups in total. The van der Waals surface area contributed by atoms with Crippen LogP contribution >= 0.6 is 0 Å². The van der Waals surface area contributed by atoms with Gasteiger partial charge in [0.05, 0.1) is 0 Å². The molecule has 0 aromatic heterocycles. The van der Waals surface area contributed by atoms with Gasteiger partial charge >= 0.3 is 5.97 Å². The SMILES string of the molecule is C=CCOC(=O)/C(C#N)=C/c1ccc(-c2ccccc2)cc1. The second kappa shape index (κ2) is 7.61. The van der Waals surface area contributed by atoms with Gasteiger partial charge in [-0.15, -0.1) is 0 Å². The van der Waals surface area contributed by atoms with Crippen LogP contribution in [0.3, 0.4) is 0 Å². The molecule has 0 unspecified atom stereocenters. The molecule has 0 saturated carbocycles. The molecule has 0 heterocycles. The highest BCUT2D eigenvalue weighted by Crippen LogP contribution is 2.20. The summed E-state index contributed by atoms with van der Waals surface area (Å²) in [7, 11) is 0. The van der Waals surface area contributed by atoms with Crippen molar-refractivity contribution in [2.24, 2.45) is 0 Å². The molecule has 108 valence electrons. The summed E-state index contributed by atoms with van der Waals surface area (Å²) in [6.07, 6.45) is 2.97. The van der Waals surface area contributed by atoms with Crippen molar-refractivity contribution in [3.63, 3.8) is 0 Å². The zero-order valence-corrected chi connectivity index (χ0v) is 12.0. The minimum atomic E-state index is -0.644. The van der Waals surface area contributed by atoms with Crippen molar-refractivity contribution in [3.8, 4) is 17.2 Å². The Kier molecular flexibility index (Phi) is 5.28. The second-order valence-corrected chi connectivity index (χ2v) is 4.54. The first-order valence-electron chi connectivity index (χ1n) is 6.80. The molecule has 0 bridgehead atoms. The number of rotatable bonds is 5. The van der Waals surface area contributed by atoms with E-state index < -0.39 is 5.97 Å². The van der Waals surface area contributed by atoms with Gasteiger partial charge in [-0.3, -0.25) is 0 Å².